The molecule has 31 heavy (non-hydrogen) atoms. The van der Waals surface area contributed by atoms with Gasteiger partial charge >= 0.3 is 12.1 Å². The van der Waals surface area contributed by atoms with E-state index >= 15 is 0 Å². The summed E-state index contributed by atoms with van der Waals surface area (Å²) in [7, 11) is 0. The molecular formula is C21H18BrF3N2O4. The van der Waals surface area contributed by atoms with Gasteiger partial charge < -0.3 is 15.4 Å². The first-order valence-corrected chi connectivity index (χ1v) is 9.68. The lowest BCUT2D eigenvalue weighted by molar-refractivity contribution is -0.143. The van der Waals surface area contributed by atoms with E-state index in [2.05, 4.69) is 26.6 Å². The summed E-state index contributed by atoms with van der Waals surface area (Å²) >= 11 is 3.32. The van der Waals surface area contributed by atoms with Crippen LogP contribution in [0.25, 0.3) is 6.08 Å². The summed E-state index contributed by atoms with van der Waals surface area (Å²) in [6.07, 6.45) is -2.20. The highest BCUT2D eigenvalue weighted by Crippen LogP contribution is 2.29. The van der Waals surface area contributed by atoms with Crippen molar-refractivity contribution < 1.29 is 32.3 Å². The van der Waals surface area contributed by atoms with Crippen molar-refractivity contribution in [2.75, 3.05) is 18.5 Å². The number of anilines is 1. The lowest BCUT2D eigenvalue weighted by atomic mass is 10.1. The number of aryl methyl sites for hydroxylation is 1. The molecule has 0 atom stereocenters. The minimum Gasteiger partial charge on any atom is -0.452 e. The zero-order valence-electron chi connectivity index (χ0n) is 16.3. The van der Waals surface area contributed by atoms with Crippen LogP contribution in [0.5, 0.6) is 0 Å². The average Bonchev–Trinajstić information content (AvgIpc) is 2.71. The lowest BCUT2D eigenvalue weighted by Crippen LogP contribution is -2.35. The van der Waals surface area contributed by atoms with E-state index in [0.29, 0.717) is 11.3 Å². The molecule has 0 aliphatic rings. The second-order valence-corrected chi connectivity index (χ2v) is 7.26. The predicted molar refractivity (Wildman–Crippen MR) is 112 cm³/mol. The van der Waals surface area contributed by atoms with Crippen LogP contribution in [-0.2, 0) is 25.3 Å². The summed E-state index contributed by atoms with van der Waals surface area (Å²) in [5.74, 6) is -1.99. The van der Waals surface area contributed by atoms with Crippen molar-refractivity contribution in [3.05, 3.63) is 69.7 Å². The van der Waals surface area contributed by atoms with Gasteiger partial charge in [0.05, 0.1) is 12.1 Å². The molecule has 6 nitrogen and oxygen atoms in total. The Kier molecular flexibility index (Phi) is 8.38. The Hall–Kier alpha value is -3.14. The normalized spacial score (nSPS) is 11.3. The fourth-order valence-corrected chi connectivity index (χ4v) is 2.80. The van der Waals surface area contributed by atoms with Gasteiger partial charge in [-0.25, -0.2) is 4.79 Å². The van der Waals surface area contributed by atoms with Crippen molar-refractivity contribution in [2.45, 2.75) is 13.1 Å². The molecule has 0 saturated heterocycles. The predicted octanol–water partition coefficient (Wildman–Crippen LogP) is 4.09. The molecule has 0 aliphatic carbocycles. The zero-order valence-corrected chi connectivity index (χ0v) is 17.8. The number of benzene rings is 2. The molecule has 2 amide bonds. The van der Waals surface area contributed by atoms with E-state index in [0.717, 1.165) is 28.2 Å². The quantitative estimate of drug-likeness (QED) is 0.444. The molecule has 0 bridgehead atoms. The highest BCUT2D eigenvalue weighted by molar-refractivity contribution is 9.10. The molecule has 164 valence electrons. The molecular weight excluding hydrogens is 481 g/mol. The van der Waals surface area contributed by atoms with E-state index in [1.165, 1.54) is 18.2 Å². The maximum atomic E-state index is 12.5. The van der Waals surface area contributed by atoms with Gasteiger partial charge in [-0.1, -0.05) is 28.1 Å². The Morgan fingerprint density at radius 1 is 1.06 bits per heavy atom. The van der Waals surface area contributed by atoms with Crippen LogP contribution in [0, 0.1) is 6.92 Å². The molecule has 0 saturated carbocycles. The number of carbonyl (C=O) groups is 3. The summed E-state index contributed by atoms with van der Waals surface area (Å²) in [4.78, 5) is 35.3. The van der Waals surface area contributed by atoms with Crippen LogP contribution in [0.2, 0.25) is 0 Å². The van der Waals surface area contributed by atoms with E-state index in [1.807, 2.05) is 13.0 Å². The number of amides is 2. The van der Waals surface area contributed by atoms with Gasteiger partial charge in [-0.05, 0) is 54.5 Å². The number of alkyl halides is 3. The first-order chi connectivity index (χ1) is 14.5. The number of hydrogen-bond acceptors (Lipinski definition) is 4. The minimum absolute atomic E-state index is 0.312. The first-order valence-electron chi connectivity index (χ1n) is 8.89. The van der Waals surface area contributed by atoms with Crippen LogP contribution in [0.15, 0.2) is 53.0 Å². The summed E-state index contributed by atoms with van der Waals surface area (Å²) < 4.78 is 43.1. The summed E-state index contributed by atoms with van der Waals surface area (Å²) in [6, 6.07) is 9.48. The Bertz CT molecular complexity index is 989. The molecule has 10 heteroatoms. The van der Waals surface area contributed by atoms with Crippen molar-refractivity contribution in [1.82, 2.24) is 5.32 Å². The summed E-state index contributed by atoms with van der Waals surface area (Å²) in [5.41, 5.74) is 0.989. The van der Waals surface area contributed by atoms with Gasteiger partial charge in [-0.15, -0.1) is 0 Å². The molecule has 2 aromatic carbocycles. The Morgan fingerprint density at radius 3 is 2.35 bits per heavy atom. The largest absolute Gasteiger partial charge is 0.452 e. The fourth-order valence-electron chi connectivity index (χ4n) is 2.32. The molecule has 2 rings (SSSR count). The molecule has 0 aliphatic heterocycles. The van der Waals surface area contributed by atoms with Crippen molar-refractivity contribution in [2.24, 2.45) is 0 Å². The number of ether oxygens (including phenoxy) is 1. The van der Waals surface area contributed by atoms with Crippen molar-refractivity contribution in [1.29, 1.82) is 0 Å². The number of rotatable bonds is 7. The maximum absolute atomic E-state index is 12.5. The van der Waals surface area contributed by atoms with E-state index in [4.69, 9.17) is 4.74 Å². The SMILES string of the molecule is Cc1cc(Br)ccc1NC(=O)CNC(=O)COC(=O)/C=C/c1ccc(C(F)(F)F)cc1. The third-order valence-electron chi connectivity index (χ3n) is 3.90. The monoisotopic (exact) mass is 498 g/mol. The topological polar surface area (TPSA) is 84.5 Å². The highest BCUT2D eigenvalue weighted by atomic mass is 79.9. The van der Waals surface area contributed by atoms with Crippen molar-refractivity contribution in [3.8, 4) is 0 Å². The molecule has 0 heterocycles. The molecule has 2 aromatic rings. The second kappa shape index (κ2) is 10.8. The molecule has 2 N–H and O–H groups in total. The van der Waals surface area contributed by atoms with Crippen LogP contribution in [0.1, 0.15) is 16.7 Å². The van der Waals surface area contributed by atoms with Crippen LogP contribution in [0.3, 0.4) is 0 Å². The third-order valence-corrected chi connectivity index (χ3v) is 4.40. The Morgan fingerprint density at radius 2 is 1.74 bits per heavy atom. The Labute approximate surface area is 184 Å². The summed E-state index contributed by atoms with van der Waals surface area (Å²) in [5, 5.41) is 4.96. The number of nitrogens with one attached hydrogen (secondary N) is 2. The minimum atomic E-state index is -4.44. The number of esters is 1. The number of halogens is 4. The molecule has 0 radical (unpaired) electrons. The van der Waals surface area contributed by atoms with Crippen LogP contribution >= 0.6 is 15.9 Å². The van der Waals surface area contributed by atoms with Crippen LogP contribution in [0.4, 0.5) is 18.9 Å². The van der Waals surface area contributed by atoms with E-state index in [1.54, 1.807) is 12.1 Å². The molecule has 0 spiro atoms. The zero-order chi connectivity index (χ0) is 23.0. The Balaban J connectivity index is 1.73. The molecule has 0 aromatic heterocycles. The van der Waals surface area contributed by atoms with Gasteiger partial charge in [0.25, 0.3) is 5.91 Å². The van der Waals surface area contributed by atoms with E-state index in [-0.39, 0.29) is 6.54 Å². The number of carbonyl (C=O) groups excluding carboxylic acids is 3. The van der Waals surface area contributed by atoms with E-state index in [9.17, 15) is 27.6 Å². The lowest BCUT2D eigenvalue weighted by Gasteiger charge is -2.09. The van der Waals surface area contributed by atoms with Crippen LogP contribution < -0.4 is 10.6 Å². The van der Waals surface area contributed by atoms with Gasteiger partial charge in [-0.3, -0.25) is 9.59 Å². The molecule has 0 fully saturated rings. The van der Waals surface area contributed by atoms with Gasteiger partial charge in [0, 0.05) is 16.2 Å². The van der Waals surface area contributed by atoms with Gasteiger partial charge in [0.2, 0.25) is 5.91 Å². The van der Waals surface area contributed by atoms with Gasteiger partial charge in [0.1, 0.15) is 0 Å². The average molecular weight is 499 g/mol. The smallest absolute Gasteiger partial charge is 0.416 e. The summed E-state index contributed by atoms with van der Waals surface area (Å²) in [6.45, 7) is 0.894. The second-order valence-electron chi connectivity index (χ2n) is 6.34. The standard InChI is InChI=1S/C21H18BrF3N2O4/c1-13-10-16(22)7-8-17(13)27-18(28)11-26-19(29)12-31-20(30)9-4-14-2-5-15(6-3-14)21(23,24)25/h2-10H,11-12H2,1H3,(H,26,29)(H,27,28)/b9-4+. The number of hydrogen-bond donors (Lipinski definition) is 2. The van der Waals surface area contributed by atoms with Crippen molar-refractivity contribution >= 4 is 45.5 Å². The maximum Gasteiger partial charge on any atom is 0.416 e. The van der Waals surface area contributed by atoms with Crippen molar-refractivity contribution in [3.63, 3.8) is 0 Å². The van der Waals surface area contributed by atoms with Gasteiger partial charge in [-0.2, -0.15) is 13.2 Å². The van der Waals surface area contributed by atoms with E-state index < -0.39 is 36.1 Å². The van der Waals surface area contributed by atoms with Crippen LogP contribution in [-0.4, -0.2) is 30.9 Å². The first kappa shape index (κ1) is 24.1. The molecule has 0 unspecified atom stereocenters. The highest BCUT2D eigenvalue weighted by Gasteiger charge is 2.29. The van der Waals surface area contributed by atoms with Gasteiger partial charge in [0.15, 0.2) is 6.61 Å². The third kappa shape index (κ3) is 8.25. The fraction of sp³-hybridized carbons (Fsp3) is 0.190.